The molecule has 1 N–H and O–H groups in total. The number of aryl methyl sites for hydroxylation is 2. The zero-order valence-electron chi connectivity index (χ0n) is 15.5. The van der Waals surface area contributed by atoms with Crippen LogP contribution in [0, 0.1) is 13.8 Å². The number of anilines is 1. The molecule has 1 fully saturated rings. The Hall–Kier alpha value is -2.14. The van der Waals surface area contributed by atoms with E-state index in [4.69, 9.17) is 0 Å². The third-order valence-electron chi connectivity index (χ3n) is 5.23. The maximum absolute atomic E-state index is 12.5. The summed E-state index contributed by atoms with van der Waals surface area (Å²) in [4.78, 5) is 14.7. The SMILES string of the molecule is Cc1nn(C)c(C)c1NC(=O)CN1CCCC(c2ccccc2)CC1. The van der Waals surface area contributed by atoms with Gasteiger partial charge in [0.15, 0.2) is 0 Å². The van der Waals surface area contributed by atoms with E-state index in [2.05, 4.69) is 45.6 Å². The lowest BCUT2D eigenvalue weighted by atomic mass is 9.92. The van der Waals surface area contributed by atoms with E-state index in [0.29, 0.717) is 12.5 Å². The molecule has 3 rings (SSSR count). The first-order chi connectivity index (χ1) is 12.0. The number of benzene rings is 1. The van der Waals surface area contributed by atoms with Crippen LogP contribution < -0.4 is 5.32 Å². The number of rotatable bonds is 4. The summed E-state index contributed by atoms with van der Waals surface area (Å²) in [6, 6.07) is 10.7. The van der Waals surface area contributed by atoms with Gasteiger partial charge >= 0.3 is 0 Å². The van der Waals surface area contributed by atoms with E-state index in [9.17, 15) is 4.79 Å². The molecule has 1 unspecified atom stereocenters. The summed E-state index contributed by atoms with van der Waals surface area (Å²) >= 11 is 0. The van der Waals surface area contributed by atoms with Crippen molar-refractivity contribution in [3.63, 3.8) is 0 Å². The minimum absolute atomic E-state index is 0.0531. The quantitative estimate of drug-likeness (QED) is 0.929. The van der Waals surface area contributed by atoms with Gasteiger partial charge in [-0.3, -0.25) is 14.4 Å². The predicted molar refractivity (Wildman–Crippen MR) is 101 cm³/mol. The highest BCUT2D eigenvalue weighted by Gasteiger charge is 2.20. The lowest BCUT2D eigenvalue weighted by molar-refractivity contribution is -0.117. The Labute approximate surface area is 150 Å². The van der Waals surface area contributed by atoms with Crippen molar-refractivity contribution >= 4 is 11.6 Å². The molecule has 1 amide bonds. The molecule has 1 saturated heterocycles. The number of hydrogen-bond acceptors (Lipinski definition) is 3. The molecule has 134 valence electrons. The summed E-state index contributed by atoms with van der Waals surface area (Å²) in [7, 11) is 1.90. The third kappa shape index (κ3) is 4.28. The van der Waals surface area contributed by atoms with Crippen LogP contribution in [0.1, 0.15) is 42.1 Å². The fourth-order valence-electron chi connectivity index (χ4n) is 3.71. The maximum atomic E-state index is 12.5. The van der Waals surface area contributed by atoms with Crippen LogP contribution >= 0.6 is 0 Å². The van der Waals surface area contributed by atoms with Crippen molar-refractivity contribution in [3.8, 4) is 0 Å². The lowest BCUT2D eigenvalue weighted by Gasteiger charge is -2.19. The number of hydrogen-bond donors (Lipinski definition) is 1. The van der Waals surface area contributed by atoms with Crippen LogP contribution in [0.5, 0.6) is 0 Å². The Morgan fingerprint density at radius 1 is 1.20 bits per heavy atom. The highest BCUT2D eigenvalue weighted by Crippen LogP contribution is 2.27. The summed E-state index contributed by atoms with van der Waals surface area (Å²) < 4.78 is 1.81. The normalized spacial score (nSPS) is 18.8. The number of amides is 1. The van der Waals surface area contributed by atoms with Crippen molar-refractivity contribution < 1.29 is 4.79 Å². The molecule has 5 nitrogen and oxygen atoms in total. The second-order valence-corrected chi connectivity index (χ2v) is 7.03. The minimum Gasteiger partial charge on any atom is -0.322 e. The molecule has 1 aliphatic rings. The Kier molecular flexibility index (Phi) is 5.53. The monoisotopic (exact) mass is 340 g/mol. The second kappa shape index (κ2) is 7.83. The number of nitrogens with one attached hydrogen (secondary N) is 1. The van der Waals surface area contributed by atoms with Crippen LogP contribution in [-0.2, 0) is 11.8 Å². The predicted octanol–water partition coefficient (Wildman–Crippen LogP) is 3.25. The zero-order chi connectivity index (χ0) is 17.8. The van der Waals surface area contributed by atoms with Gasteiger partial charge in [-0.25, -0.2) is 0 Å². The molecule has 2 heterocycles. The number of carbonyl (C=O) groups excluding carboxylic acids is 1. The van der Waals surface area contributed by atoms with Crippen LogP contribution in [-0.4, -0.2) is 40.2 Å². The van der Waals surface area contributed by atoms with E-state index in [-0.39, 0.29) is 5.91 Å². The van der Waals surface area contributed by atoms with E-state index in [0.717, 1.165) is 43.0 Å². The van der Waals surface area contributed by atoms with Crippen molar-refractivity contribution in [2.24, 2.45) is 7.05 Å². The standard InChI is InChI=1S/C20H28N4O/c1-15-20(16(2)23(3)22-15)21-19(25)14-24-12-7-10-18(11-13-24)17-8-5-4-6-9-17/h4-6,8-9,18H,7,10-14H2,1-3H3,(H,21,25). The molecular formula is C20H28N4O. The van der Waals surface area contributed by atoms with Gasteiger partial charge in [0, 0.05) is 7.05 Å². The number of nitrogens with zero attached hydrogens (tertiary/aromatic N) is 3. The van der Waals surface area contributed by atoms with Gasteiger partial charge in [-0.2, -0.15) is 5.10 Å². The Balaban J connectivity index is 1.55. The summed E-state index contributed by atoms with van der Waals surface area (Å²) in [6.07, 6.45) is 3.45. The molecule has 1 atom stereocenters. The smallest absolute Gasteiger partial charge is 0.238 e. The van der Waals surface area contributed by atoms with E-state index in [1.165, 1.54) is 12.0 Å². The number of carbonyl (C=O) groups is 1. The molecule has 0 bridgehead atoms. The minimum atomic E-state index is 0.0531. The van der Waals surface area contributed by atoms with E-state index >= 15 is 0 Å². The fourth-order valence-corrected chi connectivity index (χ4v) is 3.71. The average Bonchev–Trinajstić information content (AvgIpc) is 2.79. The topological polar surface area (TPSA) is 50.2 Å². The molecule has 0 radical (unpaired) electrons. The van der Waals surface area contributed by atoms with Gasteiger partial charge in [0.05, 0.1) is 23.6 Å². The highest BCUT2D eigenvalue weighted by molar-refractivity contribution is 5.93. The molecular weight excluding hydrogens is 312 g/mol. The largest absolute Gasteiger partial charge is 0.322 e. The van der Waals surface area contributed by atoms with Crippen molar-refractivity contribution in [2.75, 3.05) is 25.0 Å². The van der Waals surface area contributed by atoms with Crippen molar-refractivity contribution in [1.82, 2.24) is 14.7 Å². The maximum Gasteiger partial charge on any atom is 0.238 e. The van der Waals surface area contributed by atoms with E-state index in [1.54, 1.807) is 4.68 Å². The van der Waals surface area contributed by atoms with Crippen molar-refractivity contribution in [3.05, 3.63) is 47.3 Å². The molecule has 0 aliphatic carbocycles. The van der Waals surface area contributed by atoms with Crippen LogP contribution in [0.25, 0.3) is 0 Å². The fraction of sp³-hybridized carbons (Fsp3) is 0.500. The molecule has 2 aromatic rings. The molecule has 25 heavy (non-hydrogen) atoms. The first-order valence-electron chi connectivity index (χ1n) is 9.12. The van der Waals surface area contributed by atoms with Gasteiger partial charge < -0.3 is 5.32 Å². The summed E-state index contributed by atoms with van der Waals surface area (Å²) in [5.74, 6) is 0.662. The first kappa shape index (κ1) is 17.7. The van der Waals surface area contributed by atoms with Gasteiger partial charge in [0.2, 0.25) is 5.91 Å². The summed E-state index contributed by atoms with van der Waals surface area (Å²) in [5.41, 5.74) is 4.14. The molecule has 0 saturated carbocycles. The Morgan fingerprint density at radius 3 is 2.64 bits per heavy atom. The van der Waals surface area contributed by atoms with Gasteiger partial charge in [-0.15, -0.1) is 0 Å². The van der Waals surface area contributed by atoms with Gasteiger partial charge in [0.25, 0.3) is 0 Å². The Bertz CT molecular complexity index is 723. The average molecular weight is 340 g/mol. The molecule has 0 spiro atoms. The van der Waals surface area contributed by atoms with Gasteiger partial charge in [0.1, 0.15) is 0 Å². The molecule has 5 heteroatoms. The third-order valence-corrected chi connectivity index (χ3v) is 5.23. The lowest BCUT2D eigenvalue weighted by Crippen LogP contribution is -2.34. The van der Waals surface area contributed by atoms with Crippen molar-refractivity contribution in [1.29, 1.82) is 0 Å². The molecule has 1 aromatic heterocycles. The van der Waals surface area contributed by atoms with Crippen LogP contribution in [0.2, 0.25) is 0 Å². The summed E-state index contributed by atoms with van der Waals surface area (Å²) in [6.45, 7) is 6.32. The van der Waals surface area contributed by atoms with Gasteiger partial charge in [-0.1, -0.05) is 30.3 Å². The van der Waals surface area contributed by atoms with E-state index < -0.39 is 0 Å². The first-order valence-corrected chi connectivity index (χ1v) is 9.12. The molecule has 1 aromatic carbocycles. The number of likely N-dealkylation sites (tertiary alicyclic amines) is 1. The zero-order valence-corrected chi connectivity index (χ0v) is 15.5. The second-order valence-electron chi connectivity index (χ2n) is 7.03. The van der Waals surface area contributed by atoms with Crippen molar-refractivity contribution in [2.45, 2.75) is 39.0 Å². The Morgan fingerprint density at radius 2 is 1.96 bits per heavy atom. The highest BCUT2D eigenvalue weighted by atomic mass is 16.2. The molecule has 1 aliphatic heterocycles. The number of aromatic nitrogens is 2. The van der Waals surface area contributed by atoms with E-state index in [1.807, 2.05) is 20.9 Å². The van der Waals surface area contributed by atoms with Crippen LogP contribution in [0.15, 0.2) is 30.3 Å². The van der Waals surface area contributed by atoms with Gasteiger partial charge in [-0.05, 0) is 57.7 Å². The van der Waals surface area contributed by atoms with Crippen LogP contribution in [0.3, 0.4) is 0 Å². The van der Waals surface area contributed by atoms with Crippen LogP contribution in [0.4, 0.5) is 5.69 Å². The summed E-state index contributed by atoms with van der Waals surface area (Å²) in [5, 5.41) is 7.40.